The number of carbonyl (C=O) groups excluding carboxylic acids is 4. The number of halogens is 2. The number of rotatable bonds is 11. The van der Waals surface area contributed by atoms with Gasteiger partial charge in [0.05, 0.1) is 7.14 Å². The molecule has 2 amide bonds. The fourth-order valence-corrected chi connectivity index (χ4v) is 7.41. The maximum Gasteiger partial charge on any atom is 0.407 e. The molecule has 3 aromatic rings. The predicted molar refractivity (Wildman–Crippen MR) is 202 cm³/mol. The molecule has 2 atom stereocenters. The molecule has 0 aliphatic heterocycles. The molecule has 49 heavy (non-hydrogen) atoms. The molecule has 1 aliphatic rings. The molecule has 0 aromatic heterocycles. The molecular weight excluding hydrogens is 854 g/mol. The van der Waals surface area contributed by atoms with E-state index >= 15 is 0 Å². The number of phenolic OH excluding ortho intramolecular Hbond substituents is 1. The normalized spacial score (nSPS) is 13.8. The van der Waals surface area contributed by atoms with Crippen molar-refractivity contribution in [3.05, 3.63) is 84.5 Å². The molecule has 262 valence electrons. The van der Waals surface area contributed by atoms with Crippen molar-refractivity contribution >= 4 is 69.1 Å². The molecule has 0 bridgehead atoms. The van der Waals surface area contributed by atoms with Gasteiger partial charge < -0.3 is 30.0 Å². The summed E-state index contributed by atoms with van der Waals surface area (Å²) in [5, 5.41) is 15.6. The van der Waals surface area contributed by atoms with Crippen molar-refractivity contribution in [2.45, 2.75) is 90.0 Å². The number of hydrogen-bond acceptors (Lipinski definition) is 8. The number of phenols is 1. The summed E-state index contributed by atoms with van der Waals surface area (Å²) in [6, 6.07) is 16.9. The second-order valence-corrected chi connectivity index (χ2v) is 16.2. The van der Waals surface area contributed by atoms with E-state index in [4.69, 9.17) is 14.2 Å². The van der Waals surface area contributed by atoms with Crippen LogP contribution in [0.3, 0.4) is 0 Å². The van der Waals surface area contributed by atoms with Gasteiger partial charge in [-0.05, 0) is 133 Å². The molecule has 10 nitrogen and oxygen atoms in total. The molecule has 3 N–H and O–H groups in total. The first-order valence-corrected chi connectivity index (χ1v) is 18.1. The minimum atomic E-state index is -1.24. The molecule has 0 heterocycles. The fourth-order valence-electron chi connectivity index (χ4n) is 5.52. The smallest absolute Gasteiger partial charge is 0.407 e. The van der Waals surface area contributed by atoms with E-state index in [0.29, 0.717) is 12.7 Å². The highest BCUT2D eigenvalue weighted by Gasteiger charge is 2.33. The molecule has 0 unspecified atom stereocenters. The Hall–Kier alpha value is -3.40. The average molecular weight is 897 g/mol. The average Bonchev–Trinajstić information content (AvgIpc) is 3.32. The van der Waals surface area contributed by atoms with Crippen LogP contribution in [0, 0.1) is 7.14 Å². The summed E-state index contributed by atoms with van der Waals surface area (Å²) in [6.07, 6.45) is -1.08. The van der Waals surface area contributed by atoms with Crippen molar-refractivity contribution in [2.75, 3.05) is 6.61 Å². The van der Waals surface area contributed by atoms with Gasteiger partial charge in [0.25, 0.3) is 0 Å². The maximum absolute atomic E-state index is 13.8. The third-order valence-electron chi connectivity index (χ3n) is 7.53. The predicted octanol–water partition coefficient (Wildman–Crippen LogP) is 7.00. The number of esters is 2. The van der Waals surface area contributed by atoms with Crippen LogP contribution in [0.1, 0.15) is 77.0 Å². The van der Waals surface area contributed by atoms with Crippen LogP contribution in [0.4, 0.5) is 4.79 Å². The molecule has 0 radical (unpaired) electrons. The van der Waals surface area contributed by atoms with Crippen LogP contribution in [0.15, 0.2) is 60.7 Å². The standard InChI is InChI=1S/C37H42I2N2O8/c1-36(2,3)48-31(42)16-15-29(41-35(46)47-20-26-24-13-9-7-11-22(24)23-12-8-10-14-25(23)26)33(44)40-30(34(45)49-37(4,5)6)19-21-17-27(38)32(43)28(39)18-21/h7-14,17-18,26,29-30,43H,15-16,19-20H2,1-6H3,(H,40,44)(H,41,46)/t29-,30-/m0/s1. The second kappa shape index (κ2) is 16.1. The summed E-state index contributed by atoms with van der Waals surface area (Å²) in [5.41, 5.74) is 3.33. The Morgan fingerprint density at radius 2 is 1.33 bits per heavy atom. The summed E-state index contributed by atoms with van der Waals surface area (Å²) < 4.78 is 17.9. The molecule has 1 aliphatic carbocycles. The molecule has 12 heteroatoms. The Morgan fingerprint density at radius 3 is 1.86 bits per heavy atom. The molecule has 4 rings (SSSR count). The van der Waals surface area contributed by atoms with Gasteiger partial charge in [-0.25, -0.2) is 9.59 Å². The molecule has 3 aromatic carbocycles. The zero-order valence-electron chi connectivity index (χ0n) is 28.4. The molecular formula is C37H42I2N2O8. The Labute approximate surface area is 314 Å². The number of fused-ring (bicyclic) bond motifs is 3. The fraction of sp³-hybridized carbons (Fsp3) is 0.405. The minimum absolute atomic E-state index is 0.0267. The quantitative estimate of drug-likeness (QED) is 0.106. The van der Waals surface area contributed by atoms with Gasteiger partial charge in [0.15, 0.2) is 0 Å². The van der Waals surface area contributed by atoms with E-state index in [2.05, 4.69) is 10.6 Å². The number of carbonyl (C=O) groups is 4. The number of alkyl carbamates (subject to hydrolysis) is 1. The molecule has 0 saturated carbocycles. The van der Waals surface area contributed by atoms with Crippen LogP contribution >= 0.6 is 45.2 Å². The Morgan fingerprint density at radius 1 is 0.796 bits per heavy atom. The van der Waals surface area contributed by atoms with Crippen LogP contribution in [0.25, 0.3) is 11.1 Å². The summed E-state index contributed by atoms with van der Waals surface area (Å²) in [5.74, 6) is -1.99. The van der Waals surface area contributed by atoms with E-state index in [9.17, 15) is 24.3 Å². The number of nitrogens with one attached hydrogen (secondary N) is 2. The Kier molecular flexibility index (Phi) is 12.6. The van der Waals surface area contributed by atoms with Crippen LogP contribution in [-0.4, -0.2) is 58.9 Å². The third kappa shape index (κ3) is 10.8. The number of benzene rings is 3. The summed E-state index contributed by atoms with van der Waals surface area (Å²) in [6.45, 7) is 10.4. The maximum atomic E-state index is 13.8. The summed E-state index contributed by atoms with van der Waals surface area (Å²) in [4.78, 5) is 53.1. The minimum Gasteiger partial charge on any atom is -0.506 e. The van der Waals surface area contributed by atoms with Crippen LogP contribution < -0.4 is 10.6 Å². The van der Waals surface area contributed by atoms with Crippen molar-refractivity contribution in [2.24, 2.45) is 0 Å². The van der Waals surface area contributed by atoms with Crippen molar-refractivity contribution in [3.8, 4) is 16.9 Å². The van der Waals surface area contributed by atoms with E-state index in [1.54, 1.807) is 53.7 Å². The lowest BCUT2D eigenvalue weighted by atomic mass is 9.98. The van der Waals surface area contributed by atoms with Gasteiger partial charge >= 0.3 is 18.0 Å². The van der Waals surface area contributed by atoms with Gasteiger partial charge in [0.1, 0.15) is 35.6 Å². The summed E-state index contributed by atoms with van der Waals surface area (Å²) >= 11 is 3.99. The zero-order chi connectivity index (χ0) is 36.1. The topological polar surface area (TPSA) is 140 Å². The van der Waals surface area contributed by atoms with Gasteiger partial charge in [-0.15, -0.1) is 0 Å². The molecule has 0 spiro atoms. The molecule has 0 fully saturated rings. The van der Waals surface area contributed by atoms with Crippen molar-refractivity contribution in [1.29, 1.82) is 0 Å². The highest BCUT2D eigenvalue weighted by atomic mass is 127. The Bertz CT molecular complexity index is 1640. The van der Waals surface area contributed by atoms with Crippen molar-refractivity contribution in [3.63, 3.8) is 0 Å². The molecule has 0 saturated heterocycles. The van der Waals surface area contributed by atoms with E-state index in [-0.39, 0.29) is 37.5 Å². The van der Waals surface area contributed by atoms with Crippen LogP contribution in [-0.2, 0) is 35.0 Å². The third-order valence-corrected chi connectivity index (χ3v) is 9.18. The monoisotopic (exact) mass is 896 g/mol. The summed E-state index contributed by atoms with van der Waals surface area (Å²) in [7, 11) is 0. The largest absolute Gasteiger partial charge is 0.506 e. The van der Waals surface area contributed by atoms with E-state index in [1.165, 1.54) is 0 Å². The number of ether oxygens (including phenoxy) is 3. The Balaban J connectivity index is 1.53. The highest BCUT2D eigenvalue weighted by Crippen LogP contribution is 2.44. The lowest BCUT2D eigenvalue weighted by Gasteiger charge is -2.27. The van der Waals surface area contributed by atoms with Gasteiger partial charge in [-0.1, -0.05) is 48.5 Å². The first-order chi connectivity index (χ1) is 22.9. The van der Waals surface area contributed by atoms with Gasteiger partial charge in [0.2, 0.25) is 5.91 Å². The number of hydrogen-bond donors (Lipinski definition) is 3. The first-order valence-electron chi connectivity index (χ1n) is 16.0. The zero-order valence-corrected chi connectivity index (χ0v) is 32.7. The van der Waals surface area contributed by atoms with Crippen molar-refractivity contribution in [1.82, 2.24) is 10.6 Å². The SMILES string of the molecule is CC(C)(C)OC(=O)CC[C@H](NC(=O)OCC1c2ccccc2-c2ccccc21)C(=O)N[C@@H](Cc1cc(I)c(O)c(I)c1)C(=O)OC(C)(C)C. The lowest BCUT2D eigenvalue weighted by molar-refractivity contribution is -0.159. The van der Waals surface area contributed by atoms with Crippen LogP contribution in [0.5, 0.6) is 5.75 Å². The van der Waals surface area contributed by atoms with Gasteiger partial charge in [0, 0.05) is 18.8 Å². The number of aromatic hydroxyl groups is 1. The van der Waals surface area contributed by atoms with Crippen LogP contribution in [0.2, 0.25) is 0 Å². The second-order valence-electron chi connectivity index (χ2n) is 13.9. The van der Waals surface area contributed by atoms with E-state index in [1.807, 2.05) is 93.7 Å². The van der Waals surface area contributed by atoms with Crippen molar-refractivity contribution < 1.29 is 38.5 Å². The number of amides is 2. The van der Waals surface area contributed by atoms with E-state index in [0.717, 1.165) is 22.3 Å². The lowest BCUT2D eigenvalue weighted by Crippen LogP contribution is -2.53. The van der Waals surface area contributed by atoms with E-state index < -0.39 is 47.2 Å². The van der Waals surface area contributed by atoms with Gasteiger partial charge in [-0.3, -0.25) is 9.59 Å². The first kappa shape index (κ1) is 38.4. The van der Waals surface area contributed by atoms with Gasteiger partial charge in [-0.2, -0.15) is 0 Å². The highest BCUT2D eigenvalue weighted by molar-refractivity contribution is 14.1.